The van der Waals surface area contributed by atoms with Crippen LogP contribution in [0.15, 0.2) is 46.4 Å². The molecular weight excluding hydrogens is 611 g/mol. The first kappa shape index (κ1) is 36.0. The van der Waals surface area contributed by atoms with E-state index in [4.69, 9.17) is 23.7 Å². The van der Waals surface area contributed by atoms with Crippen LogP contribution < -0.4 is 11.2 Å². The SMILES string of the molecule is CCN(CC)CC(=O)OCn1c(=O)ccn([C@@H]2O[C@](F)(COC(=O)c3cccnc3)[C@@H](OC(=O)C(C)C)[C@H]2OC(=O)C(C)C)c1=O. The second-order valence-corrected chi connectivity index (χ2v) is 11.1. The molecule has 0 spiro atoms. The number of nitrogens with zero attached hydrogens (tertiary/aromatic N) is 4. The highest BCUT2D eigenvalue weighted by molar-refractivity contribution is 5.88. The summed E-state index contributed by atoms with van der Waals surface area (Å²) in [5, 5.41) is 0. The van der Waals surface area contributed by atoms with Crippen LogP contribution in [0.1, 0.15) is 58.1 Å². The number of likely N-dealkylation sites (N-methyl/N-ethyl adjacent to an activating group) is 1. The van der Waals surface area contributed by atoms with Gasteiger partial charge in [0.05, 0.1) is 23.9 Å². The molecule has 3 rings (SSSR count). The van der Waals surface area contributed by atoms with Gasteiger partial charge < -0.3 is 23.7 Å². The summed E-state index contributed by atoms with van der Waals surface area (Å²) in [6.07, 6.45) is -2.10. The molecule has 0 unspecified atom stereocenters. The van der Waals surface area contributed by atoms with Crippen molar-refractivity contribution in [3.63, 3.8) is 0 Å². The van der Waals surface area contributed by atoms with Crippen molar-refractivity contribution in [2.45, 2.75) is 72.6 Å². The maximum Gasteiger partial charge on any atom is 0.339 e. The van der Waals surface area contributed by atoms with Gasteiger partial charge in [0, 0.05) is 24.7 Å². The topological polar surface area (TPSA) is 175 Å². The van der Waals surface area contributed by atoms with Crippen LogP contribution in [-0.4, -0.2) is 87.2 Å². The lowest BCUT2D eigenvalue weighted by atomic mass is 10.1. The lowest BCUT2D eigenvalue weighted by molar-refractivity contribution is -0.219. The van der Waals surface area contributed by atoms with Gasteiger partial charge in [-0.15, -0.1) is 0 Å². The van der Waals surface area contributed by atoms with E-state index in [1.807, 2.05) is 13.8 Å². The molecule has 2 aromatic heterocycles. The number of halogens is 1. The molecule has 0 aliphatic carbocycles. The molecule has 0 saturated carbocycles. The third-order valence-electron chi connectivity index (χ3n) is 7.03. The van der Waals surface area contributed by atoms with Gasteiger partial charge in [-0.2, -0.15) is 0 Å². The Balaban J connectivity index is 2.03. The van der Waals surface area contributed by atoms with E-state index < -0.39 is 84.6 Å². The molecule has 0 bridgehead atoms. The number of ether oxygens (including phenoxy) is 5. The van der Waals surface area contributed by atoms with E-state index in [2.05, 4.69) is 4.98 Å². The van der Waals surface area contributed by atoms with Crippen LogP contribution in [0.25, 0.3) is 0 Å². The minimum Gasteiger partial charge on any atom is -0.456 e. The molecule has 0 N–H and O–H groups in total. The zero-order valence-electron chi connectivity index (χ0n) is 26.5. The van der Waals surface area contributed by atoms with Crippen LogP contribution in [0.3, 0.4) is 0 Å². The smallest absolute Gasteiger partial charge is 0.339 e. The van der Waals surface area contributed by atoms with Gasteiger partial charge in [-0.1, -0.05) is 41.5 Å². The third kappa shape index (κ3) is 8.63. The van der Waals surface area contributed by atoms with E-state index in [1.165, 1.54) is 52.2 Å². The first-order chi connectivity index (χ1) is 21.7. The Bertz CT molecular complexity index is 1510. The number of pyridine rings is 1. The van der Waals surface area contributed by atoms with Crippen molar-refractivity contribution in [3.05, 3.63) is 63.2 Å². The number of hydrogen-bond donors (Lipinski definition) is 0. The fourth-order valence-corrected chi connectivity index (χ4v) is 4.25. The van der Waals surface area contributed by atoms with Gasteiger partial charge in [-0.3, -0.25) is 33.6 Å². The van der Waals surface area contributed by atoms with Gasteiger partial charge in [0.15, 0.2) is 25.7 Å². The Kier molecular flexibility index (Phi) is 12.3. The Morgan fingerprint density at radius 1 is 1.02 bits per heavy atom. The maximum atomic E-state index is 16.8. The number of esters is 4. The predicted molar refractivity (Wildman–Crippen MR) is 157 cm³/mol. The second kappa shape index (κ2) is 15.7. The molecule has 16 heteroatoms. The first-order valence-corrected chi connectivity index (χ1v) is 14.8. The maximum absolute atomic E-state index is 16.8. The Morgan fingerprint density at radius 3 is 2.26 bits per heavy atom. The second-order valence-electron chi connectivity index (χ2n) is 11.1. The summed E-state index contributed by atoms with van der Waals surface area (Å²) in [4.78, 5) is 82.3. The molecule has 3 heterocycles. The first-order valence-electron chi connectivity index (χ1n) is 14.8. The zero-order valence-corrected chi connectivity index (χ0v) is 26.5. The van der Waals surface area contributed by atoms with Crippen LogP contribution in [-0.2, 0) is 44.8 Å². The van der Waals surface area contributed by atoms with E-state index >= 15 is 4.39 Å². The number of alkyl halides is 1. The van der Waals surface area contributed by atoms with Crippen molar-refractivity contribution in [1.82, 2.24) is 19.0 Å². The quantitative estimate of drug-likeness (QED) is 0.212. The van der Waals surface area contributed by atoms with Crippen LogP contribution in [0.5, 0.6) is 0 Å². The van der Waals surface area contributed by atoms with E-state index in [0.29, 0.717) is 17.7 Å². The van der Waals surface area contributed by atoms with Gasteiger partial charge in [-0.05, 0) is 25.2 Å². The van der Waals surface area contributed by atoms with E-state index in [0.717, 1.165) is 16.8 Å². The highest BCUT2D eigenvalue weighted by Gasteiger charge is 2.62. The molecule has 2 aromatic rings. The average Bonchev–Trinajstić information content (AvgIpc) is 3.29. The number of carbonyl (C=O) groups is 4. The van der Waals surface area contributed by atoms with Gasteiger partial charge in [0.2, 0.25) is 6.10 Å². The summed E-state index contributed by atoms with van der Waals surface area (Å²) in [6, 6.07) is 3.76. The molecule has 1 fully saturated rings. The van der Waals surface area contributed by atoms with Crippen molar-refractivity contribution in [2.24, 2.45) is 11.8 Å². The van der Waals surface area contributed by atoms with E-state index in [1.54, 1.807) is 4.90 Å². The molecule has 0 radical (unpaired) electrons. The van der Waals surface area contributed by atoms with Crippen molar-refractivity contribution < 1.29 is 47.3 Å². The number of carbonyl (C=O) groups excluding carboxylic acids is 4. The minimum absolute atomic E-state index is 0.0157. The molecule has 1 aliphatic rings. The molecular formula is C30H39FN4O11. The van der Waals surface area contributed by atoms with Crippen LogP contribution in [0.2, 0.25) is 0 Å². The standard InChI is InChI=1S/C30H39FN4O11/c1-7-33(8-2)15-22(37)43-17-35-21(36)11-13-34(29(35)41)25-23(44-26(38)18(3)4)24(45-27(39)19(5)6)30(31,46-25)16-42-28(40)20-10-9-12-32-14-20/h9-14,18-19,23-25H,7-8,15-17H2,1-6H3/t23-,24+,25-,30-/m1/s1. The van der Waals surface area contributed by atoms with Gasteiger partial charge >= 0.3 is 29.6 Å². The fourth-order valence-electron chi connectivity index (χ4n) is 4.25. The molecule has 15 nitrogen and oxygen atoms in total. The highest BCUT2D eigenvalue weighted by Crippen LogP contribution is 2.42. The monoisotopic (exact) mass is 650 g/mol. The Labute approximate surface area is 264 Å². The lowest BCUT2D eigenvalue weighted by Gasteiger charge is -2.28. The number of hydrogen-bond acceptors (Lipinski definition) is 13. The largest absolute Gasteiger partial charge is 0.456 e. The number of rotatable bonds is 14. The van der Waals surface area contributed by atoms with Gasteiger partial charge in [0.25, 0.3) is 11.4 Å². The fraction of sp³-hybridized carbons (Fsp3) is 0.567. The van der Waals surface area contributed by atoms with Gasteiger partial charge in [0.1, 0.15) is 0 Å². The minimum atomic E-state index is -3.15. The molecule has 252 valence electrons. The Hall–Kier alpha value is -4.44. The van der Waals surface area contributed by atoms with Crippen LogP contribution >= 0.6 is 0 Å². The molecule has 0 amide bonds. The summed E-state index contributed by atoms with van der Waals surface area (Å²) in [7, 11) is 0. The lowest BCUT2D eigenvalue weighted by Crippen LogP contribution is -2.49. The van der Waals surface area contributed by atoms with Crippen molar-refractivity contribution in [1.29, 1.82) is 0 Å². The molecule has 0 aromatic carbocycles. The predicted octanol–water partition coefficient (Wildman–Crippen LogP) is 1.43. The van der Waals surface area contributed by atoms with Crippen molar-refractivity contribution in [3.8, 4) is 0 Å². The molecule has 4 atom stereocenters. The van der Waals surface area contributed by atoms with E-state index in [9.17, 15) is 28.8 Å². The summed E-state index contributed by atoms with van der Waals surface area (Å²) in [6.45, 7) is 8.75. The average molecular weight is 651 g/mol. The summed E-state index contributed by atoms with van der Waals surface area (Å²) >= 11 is 0. The highest BCUT2D eigenvalue weighted by atomic mass is 19.2. The van der Waals surface area contributed by atoms with Gasteiger partial charge in [-0.25, -0.2) is 18.5 Å². The third-order valence-corrected chi connectivity index (χ3v) is 7.03. The van der Waals surface area contributed by atoms with Crippen molar-refractivity contribution in [2.75, 3.05) is 26.2 Å². The summed E-state index contributed by atoms with van der Waals surface area (Å²) < 4.78 is 45.0. The normalized spacial score (nSPS) is 21.0. The molecule has 1 aliphatic heterocycles. The Morgan fingerprint density at radius 2 is 1.67 bits per heavy atom. The molecule has 1 saturated heterocycles. The summed E-state index contributed by atoms with van der Waals surface area (Å²) in [5.74, 6) is -8.10. The summed E-state index contributed by atoms with van der Waals surface area (Å²) in [5.41, 5.74) is -1.99. The van der Waals surface area contributed by atoms with Crippen molar-refractivity contribution >= 4 is 23.9 Å². The van der Waals surface area contributed by atoms with Crippen LogP contribution in [0, 0.1) is 11.8 Å². The number of aromatic nitrogens is 3. The molecule has 46 heavy (non-hydrogen) atoms. The zero-order chi connectivity index (χ0) is 34.2. The van der Waals surface area contributed by atoms with E-state index in [-0.39, 0.29) is 12.1 Å². The van der Waals surface area contributed by atoms with Crippen LogP contribution in [0.4, 0.5) is 4.39 Å².